The molecule has 2 N–H and O–H groups in total. The SMILES string of the molecule is CCCC(C)N(CC)CCCn1c(N)nc2ccc(OCCCN(C)Cc3ccccn3)cc21. The molecule has 2 aromatic heterocycles. The number of benzene rings is 1. The van der Waals surface area contributed by atoms with Gasteiger partial charge in [0.15, 0.2) is 0 Å². The summed E-state index contributed by atoms with van der Waals surface area (Å²) < 4.78 is 8.19. The topological polar surface area (TPSA) is 72.4 Å². The molecule has 2 heterocycles. The number of nitrogens with zero attached hydrogens (tertiary/aromatic N) is 5. The van der Waals surface area contributed by atoms with E-state index in [9.17, 15) is 0 Å². The molecule has 34 heavy (non-hydrogen) atoms. The largest absolute Gasteiger partial charge is 0.493 e. The molecule has 0 radical (unpaired) electrons. The zero-order chi connectivity index (χ0) is 24.3. The Morgan fingerprint density at radius 1 is 1.12 bits per heavy atom. The standard InChI is InChI=1S/C27H42N6O/c1-5-11-22(3)32(6-2)17-9-18-33-26-20-24(13-14-25(26)30-27(33)28)34-19-10-16-31(4)21-23-12-7-8-15-29-23/h7-8,12-15,20,22H,5-6,9-11,16-19,21H2,1-4H3,(H2,28,30). The highest BCUT2D eigenvalue weighted by atomic mass is 16.5. The average Bonchev–Trinajstić information content (AvgIpc) is 3.14. The van der Waals surface area contributed by atoms with Crippen LogP contribution in [0.5, 0.6) is 5.75 Å². The van der Waals surface area contributed by atoms with E-state index in [0.717, 1.165) is 68.0 Å². The molecule has 1 unspecified atom stereocenters. The number of anilines is 1. The molecule has 7 heteroatoms. The van der Waals surface area contributed by atoms with Gasteiger partial charge in [-0.2, -0.15) is 0 Å². The van der Waals surface area contributed by atoms with Crippen LogP contribution >= 0.6 is 0 Å². The first-order valence-corrected chi connectivity index (χ1v) is 12.7. The zero-order valence-electron chi connectivity index (χ0n) is 21.4. The number of ether oxygens (including phenoxy) is 1. The van der Waals surface area contributed by atoms with Crippen molar-refractivity contribution in [2.75, 3.05) is 39.0 Å². The van der Waals surface area contributed by atoms with Gasteiger partial charge in [0.25, 0.3) is 0 Å². The van der Waals surface area contributed by atoms with Crippen molar-refractivity contribution in [2.45, 2.75) is 65.6 Å². The second-order valence-corrected chi connectivity index (χ2v) is 9.15. The van der Waals surface area contributed by atoms with Gasteiger partial charge in [-0.3, -0.25) is 4.98 Å². The lowest BCUT2D eigenvalue weighted by molar-refractivity contribution is 0.203. The second-order valence-electron chi connectivity index (χ2n) is 9.15. The van der Waals surface area contributed by atoms with Crippen LogP contribution in [0.3, 0.4) is 0 Å². The Morgan fingerprint density at radius 3 is 2.71 bits per heavy atom. The Morgan fingerprint density at radius 2 is 1.97 bits per heavy atom. The summed E-state index contributed by atoms with van der Waals surface area (Å²) >= 11 is 0. The van der Waals surface area contributed by atoms with E-state index in [4.69, 9.17) is 10.5 Å². The van der Waals surface area contributed by atoms with E-state index in [-0.39, 0.29) is 0 Å². The van der Waals surface area contributed by atoms with Crippen molar-refractivity contribution in [1.29, 1.82) is 0 Å². The number of hydrogen-bond donors (Lipinski definition) is 1. The number of imidazole rings is 1. The summed E-state index contributed by atoms with van der Waals surface area (Å²) in [6.07, 6.45) is 6.30. The van der Waals surface area contributed by atoms with Crippen molar-refractivity contribution in [3.63, 3.8) is 0 Å². The van der Waals surface area contributed by atoms with Crippen LogP contribution in [0.4, 0.5) is 5.95 Å². The van der Waals surface area contributed by atoms with E-state index in [1.165, 1.54) is 12.8 Å². The van der Waals surface area contributed by atoms with Crippen LogP contribution in [0.25, 0.3) is 11.0 Å². The first-order chi connectivity index (χ1) is 16.5. The summed E-state index contributed by atoms with van der Waals surface area (Å²) in [6, 6.07) is 12.7. The monoisotopic (exact) mass is 466 g/mol. The van der Waals surface area contributed by atoms with Gasteiger partial charge in [-0.25, -0.2) is 4.98 Å². The molecule has 0 aliphatic heterocycles. The predicted octanol–water partition coefficient (Wildman–Crippen LogP) is 4.82. The van der Waals surface area contributed by atoms with Gasteiger partial charge < -0.3 is 24.8 Å². The van der Waals surface area contributed by atoms with E-state index < -0.39 is 0 Å². The molecule has 0 fully saturated rings. The third kappa shape index (κ3) is 7.43. The van der Waals surface area contributed by atoms with Gasteiger partial charge in [-0.1, -0.05) is 26.3 Å². The Bertz CT molecular complexity index is 989. The minimum Gasteiger partial charge on any atom is -0.493 e. The highest BCUT2D eigenvalue weighted by molar-refractivity contribution is 5.79. The average molecular weight is 467 g/mol. The molecule has 0 bridgehead atoms. The lowest BCUT2D eigenvalue weighted by Crippen LogP contribution is -2.34. The summed E-state index contributed by atoms with van der Waals surface area (Å²) in [5.41, 5.74) is 9.32. The quantitative estimate of drug-likeness (QED) is 0.324. The molecule has 0 saturated heterocycles. The fraction of sp³-hybridized carbons (Fsp3) is 0.556. The van der Waals surface area contributed by atoms with Crippen molar-refractivity contribution >= 4 is 17.0 Å². The van der Waals surface area contributed by atoms with E-state index in [1.54, 1.807) is 0 Å². The van der Waals surface area contributed by atoms with Crippen LogP contribution in [0, 0.1) is 0 Å². The van der Waals surface area contributed by atoms with E-state index in [0.29, 0.717) is 18.6 Å². The number of nitrogens with two attached hydrogens (primary N) is 1. The number of hydrogen-bond acceptors (Lipinski definition) is 6. The van der Waals surface area contributed by atoms with Gasteiger partial charge >= 0.3 is 0 Å². The summed E-state index contributed by atoms with van der Waals surface area (Å²) in [4.78, 5) is 13.8. The number of pyridine rings is 1. The van der Waals surface area contributed by atoms with Crippen LogP contribution in [0.15, 0.2) is 42.6 Å². The Hall–Kier alpha value is -2.64. The smallest absolute Gasteiger partial charge is 0.201 e. The maximum absolute atomic E-state index is 6.27. The molecule has 0 saturated carbocycles. The maximum atomic E-state index is 6.27. The zero-order valence-corrected chi connectivity index (χ0v) is 21.4. The number of aryl methyl sites for hydroxylation is 1. The minimum atomic E-state index is 0.577. The molecule has 186 valence electrons. The first kappa shape index (κ1) is 26.0. The minimum absolute atomic E-state index is 0.577. The van der Waals surface area contributed by atoms with E-state index in [1.807, 2.05) is 30.5 Å². The molecule has 1 aromatic carbocycles. The molecule has 7 nitrogen and oxygen atoms in total. The Balaban J connectivity index is 1.51. The normalized spacial score (nSPS) is 12.6. The molecule has 3 rings (SSSR count). The van der Waals surface area contributed by atoms with Crippen molar-refractivity contribution in [1.82, 2.24) is 24.3 Å². The van der Waals surface area contributed by atoms with Crippen molar-refractivity contribution in [2.24, 2.45) is 0 Å². The van der Waals surface area contributed by atoms with E-state index >= 15 is 0 Å². The van der Waals surface area contributed by atoms with Crippen molar-refractivity contribution < 1.29 is 4.74 Å². The lowest BCUT2D eigenvalue weighted by Gasteiger charge is -2.27. The van der Waals surface area contributed by atoms with Gasteiger partial charge in [-0.05, 0) is 64.0 Å². The van der Waals surface area contributed by atoms with Crippen LogP contribution in [-0.4, -0.2) is 63.7 Å². The summed E-state index contributed by atoms with van der Waals surface area (Å²) in [5.74, 6) is 1.45. The third-order valence-electron chi connectivity index (χ3n) is 6.42. The molecule has 3 aromatic rings. The fourth-order valence-electron chi connectivity index (χ4n) is 4.54. The summed E-state index contributed by atoms with van der Waals surface area (Å²) in [7, 11) is 2.12. The third-order valence-corrected chi connectivity index (χ3v) is 6.42. The van der Waals surface area contributed by atoms with Gasteiger partial charge in [-0.15, -0.1) is 0 Å². The molecular weight excluding hydrogens is 424 g/mol. The van der Waals surface area contributed by atoms with Gasteiger partial charge in [0, 0.05) is 44.5 Å². The van der Waals surface area contributed by atoms with Gasteiger partial charge in [0.05, 0.1) is 23.3 Å². The lowest BCUT2D eigenvalue weighted by atomic mass is 10.1. The molecule has 0 amide bonds. The van der Waals surface area contributed by atoms with Gasteiger partial charge in [0.1, 0.15) is 5.75 Å². The predicted molar refractivity (Wildman–Crippen MR) is 141 cm³/mol. The highest BCUT2D eigenvalue weighted by Crippen LogP contribution is 2.24. The molecule has 0 aliphatic carbocycles. The molecule has 1 atom stereocenters. The second kappa shape index (κ2) is 13.3. The van der Waals surface area contributed by atoms with Crippen molar-refractivity contribution in [3.8, 4) is 5.75 Å². The number of aromatic nitrogens is 3. The Labute approximate surface area is 204 Å². The van der Waals surface area contributed by atoms with Gasteiger partial charge in [0.2, 0.25) is 5.95 Å². The summed E-state index contributed by atoms with van der Waals surface area (Å²) in [5, 5.41) is 0. The molecular formula is C27H42N6O. The fourth-order valence-corrected chi connectivity index (χ4v) is 4.54. The number of rotatable bonds is 15. The molecule has 0 aliphatic rings. The van der Waals surface area contributed by atoms with E-state index in [2.05, 4.69) is 64.3 Å². The molecule has 0 spiro atoms. The van der Waals surface area contributed by atoms with Crippen LogP contribution in [0.2, 0.25) is 0 Å². The maximum Gasteiger partial charge on any atom is 0.201 e. The Kier molecular flexibility index (Phi) is 10.2. The van der Waals surface area contributed by atoms with Crippen LogP contribution < -0.4 is 10.5 Å². The first-order valence-electron chi connectivity index (χ1n) is 12.7. The van der Waals surface area contributed by atoms with Crippen LogP contribution in [0.1, 0.15) is 52.1 Å². The van der Waals surface area contributed by atoms with Crippen LogP contribution in [-0.2, 0) is 13.1 Å². The highest BCUT2D eigenvalue weighted by Gasteiger charge is 2.13. The number of nitrogen functional groups attached to an aromatic ring is 1. The van der Waals surface area contributed by atoms with Crippen molar-refractivity contribution in [3.05, 3.63) is 48.3 Å². The number of fused-ring (bicyclic) bond motifs is 1. The summed E-state index contributed by atoms with van der Waals surface area (Å²) in [6.45, 7) is 12.3.